The highest BCUT2D eigenvalue weighted by molar-refractivity contribution is 5.94. The normalized spacial score (nSPS) is 19.6. The topological polar surface area (TPSA) is 108 Å². The van der Waals surface area contributed by atoms with Crippen molar-refractivity contribution in [3.63, 3.8) is 0 Å². The van der Waals surface area contributed by atoms with E-state index in [1.807, 2.05) is 0 Å². The maximum Gasteiger partial charge on any atom is 0.269 e. The van der Waals surface area contributed by atoms with Gasteiger partial charge in [-0.05, 0) is 30.9 Å². The van der Waals surface area contributed by atoms with Crippen molar-refractivity contribution in [3.8, 4) is 0 Å². The van der Waals surface area contributed by atoms with Crippen molar-refractivity contribution in [2.75, 3.05) is 35.3 Å². The molecule has 1 fully saturated rings. The summed E-state index contributed by atoms with van der Waals surface area (Å²) in [6.07, 6.45) is 15.1. The minimum absolute atomic E-state index is 0.287. The van der Waals surface area contributed by atoms with Crippen LogP contribution in [0.25, 0.3) is 0 Å². The third-order valence-electron chi connectivity index (χ3n) is 5.49. The van der Waals surface area contributed by atoms with Crippen LogP contribution >= 0.6 is 0 Å². The van der Waals surface area contributed by atoms with Gasteiger partial charge in [-0.2, -0.15) is 15.0 Å². The van der Waals surface area contributed by atoms with Crippen LogP contribution in [0.2, 0.25) is 0 Å². The molecule has 1 amide bonds. The molecular formula is C22H28N8O. The fraction of sp³-hybridized carbons (Fsp3) is 0.409. The van der Waals surface area contributed by atoms with Crippen molar-refractivity contribution in [2.24, 2.45) is 11.8 Å². The summed E-state index contributed by atoms with van der Waals surface area (Å²) < 4.78 is 0. The van der Waals surface area contributed by atoms with E-state index in [1.165, 1.54) is 0 Å². The summed E-state index contributed by atoms with van der Waals surface area (Å²) in [6.45, 7) is 4.65. The lowest BCUT2D eigenvalue weighted by Gasteiger charge is -2.37. The minimum atomic E-state index is -0.287. The van der Waals surface area contributed by atoms with E-state index in [4.69, 9.17) is 0 Å². The Morgan fingerprint density at radius 2 is 1.87 bits per heavy atom. The van der Waals surface area contributed by atoms with Crippen molar-refractivity contribution < 1.29 is 4.79 Å². The van der Waals surface area contributed by atoms with Gasteiger partial charge in [0.2, 0.25) is 17.8 Å². The molecule has 3 N–H and O–H groups in total. The van der Waals surface area contributed by atoms with Crippen LogP contribution in [-0.4, -0.2) is 45.5 Å². The number of hydrazine groups is 1. The molecule has 0 radical (unpaired) electrons. The summed E-state index contributed by atoms with van der Waals surface area (Å²) in [6, 6.07) is 3.29. The highest BCUT2D eigenvalue weighted by atomic mass is 16.2. The van der Waals surface area contributed by atoms with E-state index < -0.39 is 0 Å². The number of pyridine rings is 1. The van der Waals surface area contributed by atoms with Gasteiger partial charge in [0.1, 0.15) is 0 Å². The molecule has 0 spiro atoms. The molecule has 1 saturated heterocycles. The van der Waals surface area contributed by atoms with Gasteiger partial charge in [-0.15, -0.1) is 0 Å². The van der Waals surface area contributed by atoms with Gasteiger partial charge in [0.05, 0.1) is 0 Å². The summed E-state index contributed by atoms with van der Waals surface area (Å²) in [5, 5.41) is 3.27. The zero-order chi connectivity index (χ0) is 21.5. The Balaban J connectivity index is 1.49. The van der Waals surface area contributed by atoms with Gasteiger partial charge in [0.25, 0.3) is 5.91 Å². The molecule has 9 nitrogen and oxygen atoms in total. The fourth-order valence-electron chi connectivity index (χ4n) is 3.74. The van der Waals surface area contributed by atoms with Crippen LogP contribution in [0.4, 0.5) is 17.8 Å². The summed E-state index contributed by atoms with van der Waals surface area (Å²) in [4.78, 5) is 32.1. The number of fused-ring (bicyclic) bond motifs is 1. The van der Waals surface area contributed by atoms with Gasteiger partial charge in [-0.3, -0.25) is 20.6 Å². The number of carbonyl (C=O) groups excluding carboxylic acids is 1. The highest BCUT2D eigenvalue weighted by Crippen LogP contribution is 2.30. The highest BCUT2D eigenvalue weighted by Gasteiger charge is 2.28. The Labute approximate surface area is 182 Å². The SMILES string of the molecule is CCCCNc1nc(NNC(=O)c2ccncc2)nc(N2CCC3C=CC=CC3C2)n1. The van der Waals surface area contributed by atoms with Gasteiger partial charge in [-0.1, -0.05) is 37.6 Å². The van der Waals surface area contributed by atoms with E-state index in [9.17, 15) is 4.79 Å². The predicted molar refractivity (Wildman–Crippen MR) is 121 cm³/mol. The molecule has 0 saturated carbocycles. The van der Waals surface area contributed by atoms with Gasteiger partial charge in [0, 0.05) is 43.5 Å². The van der Waals surface area contributed by atoms with Crippen LogP contribution in [-0.2, 0) is 0 Å². The second-order valence-electron chi connectivity index (χ2n) is 7.71. The molecule has 2 aromatic heterocycles. The van der Waals surface area contributed by atoms with Gasteiger partial charge in [-0.25, -0.2) is 0 Å². The number of piperidine rings is 1. The Morgan fingerprint density at radius 1 is 1.10 bits per heavy atom. The molecule has 9 heteroatoms. The number of unbranched alkanes of at least 4 members (excludes halogenated alkanes) is 1. The molecule has 0 aromatic carbocycles. The monoisotopic (exact) mass is 420 g/mol. The van der Waals surface area contributed by atoms with Crippen molar-refractivity contribution >= 4 is 23.8 Å². The zero-order valence-corrected chi connectivity index (χ0v) is 17.7. The molecule has 3 heterocycles. The first kappa shape index (κ1) is 20.8. The number of nitrogens with one attached hydrogen (secondary N) is 3. The fourth-order valence-corrected chi connectivity index (χ4v) is 3.74. The molecule has 1 aliphatic carbocycles. The van der Waals surface area contributed by atoms with Crippen molar-refractivity contribution in [2.45, 2.75) is 26.2 Å². The molecule has 0 bridgehead atoms. The lowest BCUT2D eigenvalue weighted by Crippen LogP contribution is -2.41. The van der Waals surface area contributed by atoms with E-state index in [0.717, 1.165) is 38.9 Å². The lowest BCUT2D eigenvalue weighted by atomic mass is 9.83. The second kappa shape index (κ2) is 10.0. The number of hydrogen-bond acceptors (Lipinski definition) is 8. The van der Waals surface area contributed by atoms with E-state index in [1.54, 1.807) is 24.5 Å². The Hall–Kier alpha value is -3.49. The number of rotatable bonds is 8. The smallest absolute Gasteiger partial charge is 0.269 e. The standard InChI is InChI=1S/C22H28N8O/c1-2-3-11-24-20-25-21(29-28-19(31)17-8-12-23-13-9-17)27-22(26-20)30-14-10-16-6-4-5-7-18(16)15-30/h4-9,12-13,16,18H,2-3,10-11,14-15H2,1H3,(H,28,31)(H2,24,25,26,27,29). The first-order chi connectivity index (χ1) is 15.2. The van der Waals surface area contributed by atoms with Crippen LogP contribution in [0.1, 0.15) is 36.5 Å². The van der Waals surface area contributed by atoms with Crippen LogP contribution in [0.3, 0.4) is 0 Å². The quantitative estimate of drug-likeness (QED) is 0.442. The minimum Gasteiger partial charge on any atom is -0.354 e. The third kappa shape index (κ3) is 5.36. The number of allylic oxidation sites excluding steroid dienone is 3. The molecule has 31 heavy (non-hydrogen) atoms. The molecule has 2 aliphatic rings. The molecule has 2 atom stereocenters. The van der Waals surface area contributed by atoms with Crippen LogP contribution in [0.5, 0.6) is 0 Å². The average molecular weight is 421 g/mol. The largest absolute Gasteiger partial charge is 0.354 e. The lowest BCUT2D eigenvalue weighted by molar-refractivity contribution is 0.0962. The Morgan fingerprint density at radius 3 is 2.68 bits per heavy atom. The Bertz CT molecular complexity index is 946. The molecule has 162 valence electrons. The maximum atomic E-state index is 12.3. The average Bonchev–Trinajstić information content (AvgIpc) is 2.83. The molecular weight excluding hydrogens is 392 g/mol. The second-order valence-corrected chi connectivity index (χ2v) is 7.71. The molecule has 1 aliphatic heterocycles. The van der Waals surface area contributed by atoms with Crippen molar-refractivity contribution in [1.82, 2.24) is 25.4 Å². The van der Waals surface area contributed by atoms with Crippen LogP contribution in [0.15, 0.2) is 48.8 Å². The predicted octanol–water partition coefficient (Wildman–Crippen LogP) is 2.80. The third-order valence-corrected chi connectivity index (χ3v) is 5.49. The van der Waals surface area contributed by atoms with Crippen LogP contribution < -0.4 is 21.1 Å². The summed E-state index contributed by atoms with van der Waals surface area (Å²) in [7, 11) is 0. The number of aromatic nitrogens is 4. The maximum absolute atomic E-state index is 12.3. The van der Waals surface area contributed by atoms with E-state index >= 15 is 0 Å². The molecule has 2 unspecified atom stereocenters. The van der Waals surface area contributed by atoms with Crippen molar-refractivity contribution in [3.05, 3.63) is 54.4 Å². The van der Waals surface area contributed by atoms with E-state index in [-0.39, 0.29) is 5.91 Å². The number of nitrogens with zero attached hydrogens (tertiary/aromatic N) is 5. The van der Waals surface area contributed by atoms with Gasteiger partial charge in [0.15, 0.2) is 0 Å². The number of amides is 1. The summed E-state index contributed by atoms with van der Waals surface area (Å²) in [5.74, 6) is 2.14. The Kier molecular flexibility index (Phi) is 6.71. The van der Waals surface area contributed by atoms with E-state index in [0.29, 0.717) is 35.2 Å². The van der Waals surface area contributed by atoms with Gasteiger partial charge >= 0.3 is 0 Å². The number of anilines is 3. The molecule has 4 rings (SSSR count). The number of hydrogen-bond donors (Lipinski definition) is 3. The van der Waals surface area contributed by atoms with Gasteiger partial charge < -0.3 is 10.2 Å². The zero-order valence-electron chi connectivity index (χ0n) is 17.7. The number of carbonyl (C=O) groups is 1. The van der Waals surface area contributed by atoms with E-state index in [2.05, 4.69) is 72.2 Å². The first-order valence-corrected chi connectivity index (χ1v) is 10.8. The summed E-state index contributed by atoms with van der Waals surface area (Å²) >= 11 is 0. The first-order valence-electron chi connectivity index (χ1n) is 10.8. The van der Waals surface area contributed by atoms with Crippen LogP contribution in [0, 0.1) is 11.8 Å². The molecule has 2 aromatic rings. The summed E-state index contributed by atoms with van der Waals surface area (Å²) in [5.41, 5.74) is 5.98. The van der Waals surface area contributed by atoms with Crippen molar-refractivity contribution in [1.29, 1.82) is 0 Å².